The Morgan fingerprint density at radius 1 is 1.00 bits per heavy atom. The van der Waals surface area contributed by atoms with Gasteiger partial charge in [0.2, 0.25) is 0 Å². The molecule has 3 rings (SSSR count). The zero-order valence-electron chi connectivity index (χ0n) is 12.8. The number of nitrogens with zero attached hydrogens (tertiary/aromatic N) is 1. The molecule has 1 saturated heterocycles. The van der Waals surface area contributed by atoms with Crippen LogP contribution in [0.15, 0.2) is 65.8 Å². The number of piperidine rings is 1. The summed E-state index contributed by atoms with van der Waals surface area (Å²) < 4.78 is 0. The van der Waals surface area contributed by atoms with Crippen molar-refractivity contribution in [1.82, 2.24) is 5.32 Å². The van der Waals surface area contributed by atoms with Crippen LogP contribution in [0.1, 0.15) is 43.0 Å². The average Bonchev–Trinajstić information content (AvgIpc) is 2.62. The van der Waals surface area contributed by atoms with Gasteiger partial charge in [0.1, 0.15) is 0 Å². The van der Waals surface area contributed by atoms with E-state index in [0.29, 0.717) is 0 Å². The standard InChI is InChI=1S/C19H22N2O/c1-2-16-18(21-22)13-17(14-9-5-3-6-10-14)20-19(16)15-11-7-4-8-12-15/h3-12,16-17,19-20,22H,2,13H2,1H3/b21-18-/t16-,17-,19-/m0/s1. The zero-order valence-corrected chi connectivity index (χ0v) is 12.8. The first-order valence-corrected chi connectivity index (χ1v) is 7.90. The van der Waals surface area contributed by atoms with Crippen LogP contribution in [-0.4, -0.2) is 10.9 Å². The number of benzene rings is 2. The van der Waals surface area contributed by atoms with Crippen molar-refractivity contribution in [3.8, 4) is 0 Å². The van der Waals surface area contributed by atoms with Crippen molar-refractivity contribution in [2.75, 3.05) is 0 Å². The van der Waals surface area contributed by atoms with Crippen LogP contribution in [-0.2, 0) is 0 Å². The van der Waals surface area contributed by atoms with Gasteiger partial charge in [-0.1, -0.05) is 72.7 Å². The average molecular weight is 294 g/mol. The molecule has 0 aliphatic carbocycles. The van der Waals surface area contributed by atoms with Gasteiger partial charge in [-0.05, 0) is 17.5 Å². The van der Waals surface area contributed by atoms with Crippen LogP contribution in [0.25, 0.3) is 0 Å². The van der Waals surface area contributed by atoms with Gasteiger partial charge in [-0.15, -0.1) is 0 Å². The summed E-state index contributed by atoms with van der Waals surface area (Å²) in [5.74, 6) is 0.229. The lowest BCUT2D eigenvalue weighted by atomic mass is 9.79. The first kappa shape index (κ1) is 14.8. The van der Waals surface area contributed by atoms with E-state index in [-0.39, 0.29) is 18.0 Å². The maximum atomic E-state index is 9.48. The van der Waals surface area contributed by atoms with Crippen LogP contribution in [0.3, 0.4) is 0 Å². The Morgan fingerprint density at radius 3 is 2.14 bits per heavy atom. The smallest absolute Gasteiger partial charge is 0.0639 e. The third-order valence-electron chi connectivity index (χ3n) is 4.55. The number of rotatable bonds is 3. The molecule has 1 fully saturated rings. The molecule has 2 N–H and O–H groups in total. The largest absolute Gasteiger partial charge is 0.411 e. The van der Waals surface area contributed by atoms with Crippen LogP contribution in [0.5, 0.6) is 0 Å². The Balaban J connectivity index is 1.95. The molecule has 22 heavy (non-hydrogen) atoms. The second-order valence-electron chi connectivity index (χ2n) is 5.83. The van der Waals surface area contributed by atoms with Gasteiger partial charge in [-0.25, -0.2) is 0 Å². The normalized spacial score (nSPS) is 27.0. The Morgan fingerprint density at radius 2 is 1.59 bits per heavy atom. The van der Waals surface area contributed by atoms with Crippen molar-refractivity contribution >= 4 is 5.71 Å². The lowest BCUT2D eigenvalue weighted by Gasteiger charge is -2.38. The van der Waals surface area contributed by atoms with Gasteiger partial charge in [0, 0.05) is 24.4 Å². The third-order valence-corrected chi connectivity index (χ3v) is 4.55. The molecule has 3 heteroatoms. The summed E-state index contributed by atoms with van der Waals surface area (Å²) in [4.78, 5) is 0. The fraction of sp³-hybridized carbons (Fsp3) is 0.316. The van der Waals surface area contributed by atoms with Gasteiger partial charge in [0.25, 0.3) is 0 Å². The number of nitrogens with one attached hydrogen (secondary N) is 1. The van der Waals surface area contributed by atoms with Gasteiger partial charge >= 0.3 is 0 Å². The van der Waals surface area contributed by atoms with Crippen molar-refractivity contribution in [2.24, 2.45) is 11.1 Å². The zero-order chi connectivity index (χ0) is 15.4. The summed E-state index contributed by atoms with van der Waals surface area (Å²) in [5, 5.41) is 16.9. The first-order chi connectivity index (χ1) is 10.8. The first-order valence-electron chi connectivity index (χ1n) is 7.90. The predicted octanol–water partition coefficient (Wildman–Crippen LogP) is 4.32. The molecule has 1 heterocycles. The van der Waals surface area contributed by atoms with E-state index in [9.17, 15) is 5.21 Å². The molecule has 1 aliphatic rings. The summed E-state index contributed by atoms with van der Waals surface area (Å²) in [7, 11) is 0. The van der Waals surface area contributed by atoms with Gasteiger partial charge < -0.3 is 10.5 Å². The lowest BCUT2D eigenvalue weighted by Crippen LogP contribution is -2.42. The number of hydrogen-bond donors (Lipinski definition) is 2. The minimum absolute atomic E-state index is 0.177. The van der Waals surface area contributed by atoms with E-state index in [1.54, 1.807) is 0 Å². The Kier molecular flexibility index (Phi) is 4.54. The Labute approximate surface area is 131 Å². The number of oxime groups is 1. The maximum absolute atomic E-state index is 9.48. The van der Waals surface area contributed by atoms with Crippen molar-refractivity contribution in [3.05, 3.63) is 71.8 Å². The molecule has 3 atom stereocenters. The van der Waals surface area contributed by atoms with E-state index in [4.69, 9.17) is 0 Å². The highest BCUT2D eigenvalue weighted by molar-refractivity contribution is 5.88. The van der Waals surface area contributed by atoms with Crippen LogP contribution in [0.4, 0.5) is 0 Å². The lowest BCUT2D eigenvalue weighted by molar-refractivity contribution is 0.287. The van der Waals surface area contributed by atoms with Gasteiger partial charge in [0.15, 0.2) is 0 Å². The minimum atomic E-state index is 0.177. The van der Waals surface area contributed by atoms with E-state index in [1.165, 1.54) is 11.1 Å². The van der Waals surface area contributed by atoms with E-state index in [0.717, 1.165) is 18.6 Å². The fourth-order valence-corrected chi connectivity index (χ4v) is 3.42. The second-order valence-corrected chi connectivity index (χ2v) is 5.83. The van der Waals surface area contributed by atoms with Gasteiger partial charge in [-0.3, -0.25) is 0 Å². The molecule has 2 aromatic rings. The molecule has 0 saturated carbocycles. The molecular formula is C19H22N2O. The fourth-order valence-electron chi connectivity index (χ4n) is 3.42. The third kappa shape index (κ3) is 2.90. The van der Waals surface area contributed by atoms with Crippen LogP contribution in [0.2, 0.25) is 0 Å². The minimum Gasteiger partial charge on any atom is -0.411 e. The molecule has 3 nitrogen and oxygen atoms in total. The Hall–Kier alpha value is -2.13. The monoisotopic (exact) mass is 294 g/mol. The van der Waals surface area contributed by atoms with E-state index in [2.05, 4.69) is 65.9 Å². The van der Waals surface area contributed by atoms with Crippen LogP contribution >= 0.6 is 0 Å². The molecule has 0 aromatic heterocycles. The molecule has 0 unspecified atom stereocenters. The molecular weight excluding hydrogens is 272 g/mol. The highest BCUT2D eigenvalue weighted by Crippen LogP contribution is 2.36. The summed E-state index contributed by atoms with van der Waals surface area (Å²) in [6.07, 6.45) is 1.70. The summed E-state index contributed by atoms with van der Waals surface area (Å²) >= 11 is 0. The highest BCUT2D eigenvalue weighted by atomic mass is 16.4. The van der Waals surface area contributed by atoms with E-state index >= 15 is 0 Å². The number of hydrogen-bond acceptors (Lipinski definition) is 3. The van der Waals surface area contributed by atoms with Gasteiger partial charge in [0.05, 0.1) is 5.71 Å². The maximum Gasteiger partial charge on any atom is 0.0639 e. The summed E-state index contributed by atoms with van der Waals surface area (Å²) in [5.41, 5.74) is 3.37. The predicted molar refractivity (Wildman–Crippen MR) is 89.1 cm³/mol. The topological polar surface area (TPSA) is 44.6 Å². The quantitative estimate of drug-likeness (QED) is 0.654. The molecule has 0 amide bonds. The molecule has 0 radical (unpaired) electrons. The highest BCUT2D eigenvalue weighted by Gasteiger charge is 2.35. The van der Waals surface area contributed by atoms with Crippen molar-refractivity contribution in [3.63, 3.8) is 0 Å². The van der Waals surface area contributed by atoms with Crippen LogP contribution in [0, 0.1) is 5.92 Å². The second kappa shape index (κ2) is 6.75. The van der Waals surface area contributed by atoms with E-state index < -0.39 is 0 Å². The van der Waals surface area contributed by atoms with Crippen LogP contribution < -0.4 is 5.32 Å². The Bertz CT molecular complexity index is 624. The van der Waals surface area contributed by atoms with Gasteiger partial charge in [-0.2, -0.15) is 0 Å². The molecule has 0 bridgehead atoms. The molecule has 0 spiro atoms. The molecule has 114 valence electrons. The van der Waals surface area contributed by atoms with E-state index in [1.807, 2.05) is 12.1 Å². The molecule has 2 aromatic carbocycles. The van der Waals surface area contributed by atoms with Crippen molar-refractivity contribution in [1.29, 1.82) is 0 Å². The summed E-state index contributed by atoms with van der Waals surface area (Å²) in [6.45, 7) is 2.15. The van der Waals surface area contributed by atoms with Crippen molar-refractivity contribution < 1.29 is 5.21 Å². The summed E-state index contributed by atoms with van der Waals surface area (Å²) in [6, 6.07) is 21.2. The van der Waals surface area contributed by atoms with Crippen molar-refractivity contribution in [2.45, 2.75) is 31.8 Å². The SMILES string of the molecule is CC[C@H]1/C(=N\O)C[C@@H](c2ccccc2)N[C@H]1c1ccccc1. The molecule has 1 aliphatic heterocycles.